The average molecular weight is 320 g/mol. The van der Waals surface area contributed by atoms with E-state index in [4.69, 9.17) is 9.47 Å². The molecule has 0 amide bonds. The van der Waals surface area contributed by atoms with Crippen LogP contribution in [0.1, 0.15) is 37.7 Å². The van der Waals surface area contributed by atoms with E-state index in [1.54, 1.807) is 7.11 Å². The van der Waals surface area contributed by atoms with Crippen LogP contribution in [0, 0.1) is 6.92 Å². The molecule has 122 valence electrons. The lowest BCUT2D eigenvalue weighted by Gasteiger charge is -2.36. The number of ether oxygens (including phenoxy) is 2. The Balaban J connectivity index is 2.11. The average Bonchev–Trinajstić information content (AvgIpc) is 2.92. The number of thioether (sulfide) groups is 1. The van der Waals surface area contributed by atoms with Gasteiger partial charge in [0.2, 0.25) is 0 Å². The molecule has 1 aromatic carbocycles. The summed E-state index contributed by atoms with van der Waals surface area (Å²) in [5, 5.41) is 0.489. The van der Waals surface area contributed by atoms with Crippen molar-refractivity contribution in [1.82, 2.24) is 0 Å². The summed E-state index contributed by atoms with van der Waals surface area (Å²) < 4.78 is 11.7. The highest BCUT2D eigenvalue weighted by Gasteiger charge is 2.45. The summed E-state index contributed by atoms with van der Waals surface area (Å²) >= 11 is 1.96. The van der Waals surface area contributed by atoms with Crippen LogP contribution >= 0.6 is 11.8 Å². The third-order valence-corrected chi connectivity index (χ3v) is 6.19. The van der Waals surface area contributed by atoms with Gasteiger partial charge in [0.05, 0.1) is 11.7 Å². The van der Waals surface area contributed by atoms with Gasteiger partial charge in [-0.2, -0.15) is 0 Å². The molecule has 2 rings (SSSR count). The summed E-state index contributed by atoms with van der Waals surface area (Å²) in [7, 11) is 3.64. The Hall–Kier alpha value is -0.770. The number of methoxy groups -OCH3 is 2. The fourth-order valence-electron chi connectivity index (χ4n) is 3.34. The smallest absolute Gasteiger partial charge is 0.0825 e. The quantitative estimate of drug-likeness (QED) is 0.628. The molecule has 1 aliphatic carbocycles. The molecule has 0 heterocycles. The summed E-state index contributed by atoms with van der Waals surface area (Å²) in [6.45, 7) is 5.97. The van der Waals surface area contributed by atoms with Crippen LogP contribution in [0.2, 0.25) is 0 Å². The van der Waals surface area contributed by atoms with E-state index in [1.807, 2.05) is 24.9 Å². The lowest BCUT2D eigenvalue weighted by atomic mass is 9.92. The normalized spacial score (nSPS) is 26.0. The zero-order valence-corrected chi connectivity index (χ0v) is 14.8. The number of rotatable bonds is 8. The number of hydrogen-bond acceptors (Lipinski definition) is 3. The molecule has 0 unspecified atom stereocenters. The van der Waals surface area contributed by atoms with Gasteiger partial charge in [-0.1, -0.05) is 23.8 Å². The van der Waals surface area contributed by atoms with Crippen LogP contribution in [-0.2, 0) is 9.47 Å². The second kappa shape index (κ2) is 8.19. The minimum atomic E-state index is -0.0841. The standard InChI is InChI=1S/C19H28O2S/c1-5-7-16(20-3)14-19(21-4)13-6-8-18(19)22-17-11-9-15(2)10-12-17/h5,9-12,16,18H,1,6-8,13-14H2,2-4H3/t16-,18+,19+/m1/s1. The van der Waals surface area contributed by atoms with Crippen molar-refractivity contribution < 1.29 is 9.47 Å². The van der Waals surface area contributed by atoms with Crippen LogP contribution in [0.15, 0.2) is 41.8 Å². The van der Waals surface area contributed by atoms with Gasteiger partial charge in [-0.05, 0) is 44.7 Å². The molecule has 1 fully saturated rings. The Bertz CT molecular complexity index is 471. The molecule has 3 atom stereocenters. The van der Waals surface area contributed by atoms with E-state index in [-0.39, 0.29) is 11.7 Å². The maximum absolute atomic E-state index is 6.05. The van der Waals surface area contributed by atoms with Gasteiger partial charge in [0.25, 0.3) is 0 Å². The van der Waals surface area contributed by atoms with Crippen LogP contribution in [0.3, 0.4) is 0 Å². The molecule has 0 aromatic heterocycles. The van der Waals surface area contributed by atoms with Crippen molar-refractivity contribution in [3.63, 3.8) is 0 Å². The third kappa shape index (κ3) is 4.15. The second-order valence-electron chi connectivity index (χ2n) is 6.17. The molecule has 1 aliphatic rings. The third-order valence-electron chi connectivity index (χ3n) is 4.69. The molecule has 1 saturated carbocycles. The second-order valence-corrected chi connectivity index (χ2v) is 7.44. The lowest BCUT2D eigenvalue weighted by Crippen LogP contribution is -2.41. The van der Waals surface area contributed by atoms with Crippen LogP contribution in [0.4, 0.5) is 0 Å². The Morgan fingerprint density at radius 1 is 1.36 bits per heavy atom. The predicted octanol–water partition coefficient (Wildman–Crippen LogP) is 5.01. The van der Waals surface area contributed by atoms with Gasteiger partial charge in [0.15, 0.2) is 0 Å². The highest BCUT2D eigenvalue weighted by Crippen LogP contribution is 2.46. The molecule has 3 heteroatoms. The van der Waals surface area contributed by atoms with Crippen LogP contribution in [0.25, 0.3) is 0 Å². The highest BCUT2D eigenvalue weighted by molar-refractivity contribution is 8.00. The van der Waals surface area contributed by atoms with Crippen molar-refractivity contribution in [3.8, 4) is 0 Å². The Labute approximate surface area is 139 Å². The Kier molecular flexibility index (Phi) is 6.54. The first-order valence-electron chi connectivity index (χ1n) is 8.05. The van der Waals surface area contributed by atoms with E-state index < -0.39 is 0 Å². The van der Waals surface area contributed by atoms with Gasteiger partial charge < -0.3 is 9.47 Å². The highest BCUT2D eigenvalue weighted by atomic mass is 32.2. The molecule has 1 aromatic rings. The fourth-order valence-corrected chi connectivity index (χ4v) is 4.77. The zero-order chi connectivity index (χ0) is 16.0. The summed E-state index contributed by atoms with van der Waals surface area (Å²) in [5.74, 6) is 0. The van der Waals surface area contributed by atoms with Crippen LogP contribution in [-0.4, -0.2) is 31.2 Å². The Morgan fingerprint density at radius 2 is 2.09 bits per heavy atom. The molecule has 22 heavy (non-hydrogen) atoms. The minimum Gasteiger partial charge on any atom is -0.381 e. The molecule has 0 saturated heterocycles. The molecular weight excluding hydrogens is 292 g/mol. The summed E-state index contributed by atoms with van der Waals surface area (Å²) in [6, 6.07) is 8.80. The SMILES string of the molecule is C=CC[C@H](C[C@@]1(OC)CCC[C@@H]1Sc1ccc(C)cc1)OC. The van der Waals surface area contributed by atoms with Crippen molar-refractivity contribution in [3.05, 3.63) is 42.5 Å². The van der Waals surface area contributed by atoms with Gasteiger partial charge in [-0.15, -0.1) is 18.3 Å². The van der Waals surface area contributed by atoms with E-state index in [0.717, 1.165) is 19.3 Å². The van der Waals surface area contributed by atoms with Gasteiger partial charge in [0.1, 0.15) is 0 Å². The lowest BCUT2D eigenvalue weighted by molar-refractivity contribution is -0.0469. The maximum atomic E-state index is 6.05. The minimum absolute atomic E-state index is 0.0841. The van der Waals surface area contributed by atoms with Crippen LogP contribution in [0.5, 0.6) is 0 Å². The van der Waals surface area contributed by atoms with E-state index in [9.17, 15) is 0 Å². The number of benzene rings is 1. The Morgan fingerprint density at radius 3 is 2.68 bits per heavy atom. The molecule has 0 spiro atoms. The topological polar surface area (TPSA) is 18.5 Å². The first-order chi connectivity index (χ1) is 10.6. The molecule has 0 radical (unpaired) electrons. The van der Waals surface area contributed by atoms with Gasteiger partial charge in [-0.25, -0.2) is 0 Å². The van der Waals surface area contributed by atoms with Gasteiger partial charge in [0, 0.05) is 30.8 Å². The fraction of sp³-hybridized carbons (Fsp3) is 0.579. The molecule has 2 nitrogen and oxygen atoms in total. The molecule has 0 aliphatic heterocycles. The van der Waals surface area contributed by atoms with Gasteiger partial charge in [-0.3, -0.25) is 0 Å². The molecular formula is C19H28O2S. The summed E-state index contributed by atoms with van der Waals surface area (Å²) in [6.07, 6.45) is 7.49. The number of hydrogen-bond donors (Lipinski definition) is 0. The monoisotopic (exact) mass is 320 g/mol. The molecule has 0 N–H and O–H groups in total. The van der Waals surface area contributed by atoms with E-state index in [1.165, 1.54) is 23.3 Å². The van der Waals surface area contributed by atoms with Crippen molar-refractivity contribution in [2.24, 2.45) is 0 Å². The number of aryl methyl sites for hydroxylation is 1. The van der Waals surface area contributed by atoms with Crippen molar-refractivity contribution in [2.45, 2.75) is 60.9 Å². The zero-order valence-electron chi connectivity index (χ0n) is 14.0. The van der Waals surface area contributed by atoms with Crippen molar-refractivity contribution in [2.75, 3.05) is 14.2 Å². The molecule has 0 bridgehead atoms. The predicted molar refractivity (Wildman–Crippen MR) is 94.6 cm³/mol. The largest absolute Gasteiger partial charge is 0.381 e. The summed E-state index contributed by atoms with van der Waals surface area (Å²) in [4.78, 5) is 1.33. The van der Waals surface area contributed by atoms with Crippen molar-refractivity contribution in [1.29, 1.82) is 0 Å². The maximum Gasteiger partial charge on any atom is 0.0825 e. The van der Waals surface area contributed by atoms with E-state index >= 15 is 0 Å². The van der Waals surface area contributed by atoms with Crippen molar-refractivity contribution >= 4 is 11.8 Å². The first-order valence-corrected chi connectivity index (χ1v) is 8.93. The first kappa shape index (κ1) is 17.6. The van der Waals surface area contributed by atoms with Gasteiger partial charge >= 0.3 is 0 Å². The summed E-state index contributed by atoms with van der Waals surface area (Å²) in [5.41, 5.74) is 1.22. The van der Waals surface area contributed by atoms with E-state index in [2.05, 4.69) is 37.8 Å². The van der Waals surface area contributed by atoms with E-state index in [0.29, 0.717) is 5.25 Å². The van der Waals surface area contributed by atoms with Crippen LogP contribution < -0.4 is 0 Å².